The molecular formula is C18H23NO2. The highest BCUT2D eigenvalue weighted by atomic mass is 16.5. The summed E-state index contributed by atoms with van der Waals surface area (Å²) in [5.41, 5.74) is 8.76. The lowest BCUT2D eigenvalue weighted by atomic mass is 10.00. The zero-order chi connectivity index (χ0) is 15.1. The van der Waals surface area contributed by atoms with Crippen LogP contribution in [0.5, 0.6) is 11.5 Å². The van der Waals surface area contributed by atoms with Crippen molar-refractivity contribution in [2.75, 3.05) is 14.2 Å². The van der Waals surface area contributed by atoms with E-state index in [0.717, 1.165) is 30.8 Å². The summed E-state index contributed by atoms with van der Waals surface area (Å²) in [7, 11) is 3.36. The molecule has 0 radical (unpaired) electrons. The molecule has 0 aliphatic rings. The molecule has 0 saturated heterocycles. The first-order chi connectivity index (χ1) is 10.2. The van der Waals surface area contributed by atoms with Gasteiger partial charge in [0.2, 0.25) is 0 Å². The fourth-order valence-electron chi connectivity index (χ4n) is 2.31. The number of nitrogens with two attached hydrogens (primary N) is 1. The normalized spacial score (nSPS) is 12.0. The molecule has 2 N–H and O–H groups in total. The summed E-state index contributed by atoms with van der Waals surface area (Å²) in [6, 6.07) is 16.4. The van der Waals surface area contributed by atoms with Gasteiger partial charge in [0.25, 0.3) is 0 Å². The standard InChI is InChI=1S/C18H23NO2/c1-20-17-9-4-14(5-10-17)3-8-16(19)13-15-6-11-18(21-2)12-7-15/h4-7,9-12,16H,3,8,13,19H2,1-2H3. The minimum atomic E-state index is 0.167. The topological polar surface area (TPSA) is 44.5 Å². The highest BCUT2D eigenvalue weighted by Gasteiger charge is 2.05. The zero-order valence-electron chi connectivity index (χ0n) is 12.7. The largest absolute Gasteiger partial charge is 0.497 e. The molecule has 0 aromatic heterocycles. The van der Waals surface area contributed by atoms with Crippen LogP contribution in [0.4, 0.5) is 0 Å². The van der Waals surface area contributed by atoms with Gasteiger partial charge in [0.05, 0.1) is 14.2 Å². The minimum absolute atomic E-state index is 0.167. The summed E-state index contributed by atoms with van der Waals surface area (Å²) in [5.74, 6) is 1.77. The Labute approximate surface area is 126 Å². The molecule has 0 aliphatic heterocycles. The van der Waals surface area contributed by atoms with Crippen molar-refractivity contribution < 1.29 is 9.47 Å². The fraction of sp³-hybridized carbons (Fsp3) is 0.333. The Balaban J connectivity index is 1.81. The molecule has 0 amide bonds. The predicted octanol–water partition coefficient (Wildman–Crippen LogP) is 3.21. The summed E-state index contributed by atoms with van der Waals surface area (Å²) >= 11 is 0. The van der Waals surface area contributed by atoms with Gasteiger partial charge in [-0.25, -0.2) is 0 Å². The van der Waals surface area contributed by atoms with Crippen LogP contribution >= 0.6 is 0 Å². The molecule has 0 fully saturated rings. The smallest absolute Gasteiger partial charge is 0.118 e. The summed E-state index contributed by atoms with van der Waals surface area (Å²) in [4.78, 5) is 0. The molecule has 0 saturated carbocycles. The highest BCUT2D eigenvalue weighted by molar-refractivity contribution is 5.28. The van der Waals surface area contributed by atoms with Crippen molar-refractivity contribution in [1.82, 2.24) is 0 Å². The Bertz CT molecular complexity index is 534. The first-order valence-electron chi connectivity index (χ1n) is 7.22. The van der Waals surface area contributed by atoms with Crippen molar-refractivity contribution in [2.45, 2.75) is 25.3 Å². The molecule has 0 aliphatic carbocycles. The number of methoxy groups -OCH3 is 2. The van der Waals surface area contributed by atoms with Crippen LogP contribution in [-0.4, -0.2) is 20.3 Å². The summed E-state index contributed by atoms with van der Waals surface area (Å²) in [6.07, 6.45) is 2.85. The second kappa shape index (κ2) is 7.70. The van der Waals surface area contributed by atoms with Crippen LogP contribution in [0.1, 0.15) is 17.5 Å². The van der Waals surface area contributed by atoms with Gasteiger partial charge in [-0.05, 0) is 54.7 Å². The van der Waals surface area contributed by atoms with E-state index < -0.39 is 0 Å². The number of benzene rings is 2. The van der Waals surface area contributed by atoms with Crippen LogP contribution in [0.15, 0.2) is 48.5 Å². The van der Waals surface area contributed by atoms with Crippen LogP contribution in [0, 0.1) is 0 Å². The summed E-state index contributed by atoms with van der Waals surface area (Å²) in [5, 5.41) is 0. The summed E-state index contributed by atoms with van der Waals surface area (Å²) < 4.78 is 10.3. The number of hydrogen-bond donors (Lipinski definition) is 1. The first kappa shape index (κ1) is 15.4. The number of hydrogen-bond acceptors (Lipinski definition) is 3. The molecule has 2 aromatic rings. The number of rotatable bonds is 7. The number of aryl methyl sites for hydroxylation is 1. The van der Waals surface area contributed by atoms with E-state index in [1.807, 2.05) is 24.3 Å². The lowest BCUT2D eigenvalue weighted by Crippen LogP contribution is -2.23. The van der Waals surface area contributed by atoms with Crippen LogP contribution in [0.3, 0.4) is 0 Å². The van der Waals surface area contributed by atoms with E-state index >= 15 is 0 Å². The van der Waals surface area contributed by atoms with Crippen molar-refractivity contribution >= 4 is 0 Å². The van der Waals surface area contributed by atoms with Gasteiger partial charge in [-0.2, -0.15) is 0 Å². The quantitative estimate of drug-likeness (QED) is 0.849. The molecule has 3 heteroatoms. The molecule has 0 heterocycles. The lowest BCUT2D eigenvalue weighted by molar-refractivity contribution is 0.414. The van der Waals surface area contributed by atoms with Crippen LogP contribution in [0.2, 0.25) is 0 Å². The molecule has 1 unspecified atom stereocenters. The van der Waals surface area contributed by atoms with Gasteiger partial charge in [-0.1, -0.05) is 24.3 Å². The van der Waals surface area contributed by atoms with E-state index in [2.05, 4.69) is 24.3 Å². The molecule has 2 aromatic carbocycles. The van der Waals surface area contributed by atoms with E-state index in [9.17, 15) is 0 Å². The Morgan fingerprint density at radius 2 is 1.29 bits per heavy atom. The molecular weight excluding hydrogens is 262 g/mol. The zero-order valence-corrected chi connectivity index (χ0v) is 12.7. The van der Waals surface area contributed by atoms with Crippen molar-refractivity contribution in [3.63, 3.8) is 0 Å². The predicted molar refractivity (Wildman–Crippen MR) is 86.0 cm³/mol. The van der Waals surface area contributed by atoms with Gasteiger partial charge in [0.15, 0.2) is 0 Å². The van der Waals surface area contributed by atoms with Crippen molar-refractivity contribution in [3.8, 4) is 11.5 Å². The maximum absolute atomic E-state index is 6.22. The van der Waals surface area contributed by atoms with Gasteiger partial charge >= 0.3 is 0 Å². The molecule has 0 bridgehead atoms. The van der Waals surface area contributed by atoms with Crippen LogP contribution < -0.4 is 15.2 Å². The molecule has 21 heavy (non-hydrogen) atoms. The molecule has 3 nitrogen and oxygen atoms in total. The van der Waals surface area contributed by atoms with Gasteiger partial charge in [-0.15, -0.1) is 0 Å². The maximum Gasteiger partial charge on any atom is 0.118 e. The summed E-state index contributed by atoms with van der Waals surface area (Å²) in [6.45, 7) is 0. The fourth-order valence-corrected chi connectivity index (χ4v) is 2.31. The molecule has 0 spiro atoms. The third-order valence-electron chi connectivity index (χ3n) is 3.62. The van der Waals surface area contributed by atoms with Crippen molar-refractivity contribution in [1.29, 1.82) is 0 Å². The third kappa shape index (κ3) is 4.80. The van der Waals surface area contributed by atoms with E-state index in [1.54, 1.807) is 14.2 Å². The Hall–Kier alpha value is -2.00. The average Bonchev–Trinajstić information content (AvgIpc) is 2.54. The molecule has 1 atom stereocenters. The average molecular weight is 285 g/mol. The Morgan fingerprint density at radius 1 is 0.810 bits per heavy atom. The monoisotopic (exact) mass is 285 g/mol. The Morgan fingerprint density at radius 3 is 1.76 bits per heavy atom. The van der Waals surface area contributed by atoms with E-state index in [0.29, 0.717) is 0 Å². The van der Waals surface area contributed by atoms with E-state index in [1.165, 1.54) is 11.1 Å². The third-order valence-corrected chi connectivity index (χ3v) is 3.62. The van der Waals surface area contributed by atoms with Crippen molar-refractivity contribution in [3.05, 3.63) is 59.7 Å². The molecule has 2 rings (SSSR count). The second-order valence-electron chi connectivity index (χ2n) is 5.20. The van der Waals surface area contributed by atoms with Gasteiger partial charge < -0.3 is 15.2 Å². The Kier molecular flexibility index (Phi) is 5.64. The molecule has 112 valence electrons. The van der Waals surface area contributed by atoms with Crippen LogP contribution in [0.25, 0.3) is 0 Å². The van der Waals surface area contributed by atoms with Crippen LogP contribution in [-0.2, 0) is 12.8 Å². The second-order valence-corrected chi connectivity index (χ2v) is 5.20. The van der Waals surface area contributed by atoms with Gasteiger partial charge in [0.1, 0.15) is 11.5 Å². The highest BCUT2D eigenvalue weighted by Crippen LogP contribution is 2.15. The lowest BCUT2D eigenvalue weighted by Gasteiger charge is -2.12. The first-order valence-corrected chi connectivity index (χ1v) is 7.22. The maximum atomic E-state index is 6.22. The SMILES string of the molecule is COc1ccc(CCC(N)Cc2ccc(OC)cc2)cc1. The van der Waals surface area contributed by atoms with Gasteiger partial charge in [-0.3, -0.25) is 0 Å². The van der Waals surface area contributed by atoms with Crippen molar-refractivity contribution in [2.24, 2.45) is 5.73 Å². The van der Waals surface area contributed by atoms with Gasteiger partial charge in [0, 0.05) is 6.04 Å². The van der Waals surface area contributed by atoms with E-state index in [4.69, 9.17) is 15.2 Å². The number of ether oxygens (including phenoxy) is 2. The minimum Gasteiger partial charge on any atom is -0.497 e. The van der Waals surface area contributed by atoms with E-state index in [-0.39, 0.29) is 6.04 Å².